The SMILES string of the molecule is [2H]c1cc([2H])c2c(c1[2H])c1c([2H])c([2H])cc([2H])c1n2-c1cc(-c2cccc3c2oc2ccccc23)ccc1-c1ccccc1-c1nc(-c2ccccc2)nc(-c2ccccc2)n1. The molecule has 56 heavy (non-hydrogen) atoms. The first-order chi connectivity index (χ1) is 30.2. The summed E-state index contributed by atoms with van der Waals surface area (Å²) >= 11 is 0. The molecule has 0 amide bonds. The van der Waals surface area contributed by atoms with Crippen LogP contribution in [0.2, 0.25) is 0 Å². The number of para-hydroxylation sites is 4. The average Bonchev–Trinajstić information content (AvgIpc) is 3.88. The maximum atomic E-state index is 9.33. The molecule has 0 aliphatic carbocycles. The van der Waals surface area contributed by atoms with Crippen LogP contribution >= 0.6 is 0 Å². The van der Waals surface area contributed by atoms with Crippen LogP contribution in [0.15, 0.2) is 198 Å². The molecule has 0 aliphatic rings. The Balaban J connectivity index is 1.25. The zero-order valence-corrected chi connectivity index (χ0v) is 29.7. The van der Waals surface area contributed by atoms with Crippen molar-refractivity contribution in [3.8, 4) is 62.1 Å². The normalized spacial score (nSPS) is 13.1. The van der Waals surface area contributed by atoms with Gasteiger partial charge >= 0.3 is 0 Å². The second-order valence-corrected chi connectivity index (χ2v) is 13.5. The molecule has 0 N–H and O–H groups in total. The van der Waals surface area contributed by atoms with E-state index in [0.29, 0.717) is 39.9 Å². The molecule has 0 aliphatic heterocycles. The summed E-state index contributed by atoms with van der Waals surface area (Å²) in [4.78, 5) is 15.1. The van der Waals surface area contributed by atoms with Crippen molar-refractivity contribution in [2.24, 2.45) is 0 Å². The van der Waals surface area contributed by atoms with E-state index in [1.54, 1.807) is 4.57 Å². The molecule has 0 atom stereocenters. The first-order valence-corrected chi connectivity index (χ1v) is 18.3. The van der Waals surface area contributed by atoms with E-state index in [-0.39, 0.29) is 58.1 Å². The maximum Gasteiger partial charge on any atom is 0.164 e. The molecule has 3 heterocycles. The number of nitrogens with zero attached hydrogens (tertiary/aromatic N) is 4. The Bertz CT molecular complexity index is 3480. The minimum absolute atomic E-state index is 0.0518. The van der Waals surface area contributed by atoms with Crippen molar-refractivity contribution in [3.05, 3.63) is 194 Å². The number of hydrogen-bond acceptors (Lipinski definition) is 4. The van der Waals surface area contributed by atoms with Crippen molar-refractivity contribution >= 4 is 43.7 Å². The minimum Gasteiger partial charge on any atom is -0.455 e. The van der Waals surface area contributed by atoms with Crippen LogP contribution in [-0.2, 0) is 0 Å². The Kier molecular flexibility index (Phi) is 6.10. The first-order valence-electron chi connectivity index (χ1n) is 21.3. The van der Waals surface area contributed by atoms with Gasteiger partial charge in [-0.05, 0) is 35.3 Å². The lowest BCUT2D eigenvalue weighted by atomic mass is 9.93. The Morgan fingerprint density at radius 2 is 0.982 bits per heavy atom. The Hall–Kier alpha value is -7.63. The van der Waals surface area contributed by atoms with Crippen LogP contribution in [0.25, 0.3) is 106 Å². The van der Waals surface area contributed by atoms with E-state index >= 15 is 0 Å². The van der Waals surface area contributed by atoms with E-state index in [4.69, 9.17) is 24.9 Å². The molecule has 0 radical (unpaired) electrons. The molecule has 0 spiro atoms. The van der Waals surface area contributed by atoms with Crippen LogP contribution in [0.1, 0.15) is 8.22 Å². The van der Waals surface area contributed by atoms with Crippen molar-refractivity contribution < 1.29 is 12.6 Å². The van der Waals surface area contributed by atoms with Crippen molar-refractivity contribution in [2.45, 2.75) is 0 Å². The van der Waals surface area contributed by atoms with Crippen LogP contribution in [-0.4, -0.2) is 19.5 Å². The van der Waals surface area contributed by atoms with Gasteiger partial charge in [-0.2, -0.15) is 0 Å². The second-order valence-electron chi connectivity index (χ2n) is 13.5. The predicted octanol–water partition coefficient (Wildman–Crippen LogP) is 13.2. The fraction of sp³-hybridized carbons (Fsp3) is 0. The Morgan fingerprint density at radius 3 is 1.68 bits per heavy atom. The minimum atomic E-state index is -0.185. The molecule has 11 rings (SSSR count). The molecule has 0 saturated heterocycles. The zero-order chi connectivity index (χ0) is 42.2. The molecule has 0 saturated carbocycles. The zero-order valence-electron chi connectivity index (χ0n) is 35.7. The number of hydrogen-bond donors (Lipinski definition) is 0. The topological polar surface area (TPSA) is 56.7 Å². The number of fused-ring (bicyclic) bond motifs is 6. The highest BCUT2D eigenvalue weighted by atomic mass is 16.3. The van der Waals surface area contributed by atoms with Gasteiger partial charge in [0, 0.05) is 49.4 Å². The highest BCUT2D eigenvalue weighted by molar-refractivity contribution is 6.11. The molecule has 0 unspecified atom stereocenters. The van der Waals surface area contributed by atoms with Gasteiger partial charge in [0.25, 0.3) is 0 Å². The molecule has 5 nitrogen and oxygen atoms in total. The van der Waals surface area contributed by atoms with Crippen LogP contribution < -0.4 is 0 Å². The molecule has 0 fully saturated rings. The number of furan rings is 1. The van der Waals surface area contributed by atoms with Gasteiger partial charge < -0.3 is 8.98 Å². The van der Waals surface area contributed by atoms with Crippen LogP contribution in [0, 0.1) is 0 Å². The standard InChI is InChI=1S/C51H32N4O/c1-3-16-33(17-4-1)49-52-50(34-18-5-2-6-19-34)54-51(53-49)43-24-8-7-20-37(43)40-31-30-35(36-25-15-26-42-41-23-11-14-29-47(41)56-48(36)42)32-46(40)55-44-27-12-9-21-38(44)39-22-10-13-28-45(39)55/h1-32H/i9D,10D,21D,22D,27D,28D. The molecule has 0 bridgehead atoms. The predicted molar refractivity (Wildman–Crippen MR) is 229 cm³/mol. The third kappa shape index (κ3) is 5.21. The smallest absolute Gasteiger partial charge is 0.164 e. The molecule has 11 aromatic rings. The van der Waals surface area contributed by atoms with E-state index in [9.17, 15) is 2.74 Å². The molecule has 3 aromatic heterocycles. The summed E-state index contributed by atoms with van der Waals surface area (Å²) in [5.74, 6) is 1.43. The number of aromatic nitrogens is 4. The Morgan fingerprint density at radius 1 is 0.411 bits per heavy atom. The van der Waals surface area contributed by atoms with E-state index in [1.165, 1.54) is 12.1 Å². The summed E-state index contributed by atoms with van der Waals surface area (Å²) in [6.07, 6.45) is 0. The summed E-state index contributed by atoms with van der Waals surface area (Å²) in [5.41, 5.74) is 7.87. The monoisotopic (exact) mass is 722 g/mol. The van der Waals surface area contributed by atoms with Crippen molar-refractivity contribution in [2.75, 3.05) is 0 Å². The van der Waals surface area contributed by atoms with Crippen LogP contribution in [0.5, 0.6) is 0 Å². The molecular formula is C51H32N4O. The highest BCUT2D eigenvalue weighted by Crippen LogP contribution is 2.43. The lowest BCUT2D eigenvalue weighted by Gasteiger charge is -2.18. The summed E-state index contributed by atoms with van der Waals surface area (Å²) in [5, 5.41) is 2.29. The number of rotatable bonds is 6. The summed E-state index contributed by atoms with van der Waals surface area (Å²) in [7, 11) is 0. The third-order valence-electron chi connectivity index (χ3n) is 10.2. The fourth-order valence-corrected chi connectivity index (χ4v) is 7.68. The van der Waals surface area contributed by atoms with E-state index in [0.717, 1.165) is 44.2 Å². The molecule has 5 heteroatoms. The van der Waals surface area contributed by atoms with Gasteiger partial charge in [-0.15, -0.1) is 0 Å². The van der Waals surface area contributed by atoms with Crippen molar-refractivity contribution in [1.82, 2.24) is 19.5 Å². The van der Waals surface area contributed by atoms with Gasteiger partial charge in [0.05, 0.1) is 24.9 Å². The lowest BCUT2D eigenvalue weighted by Crippen LogP contribution is -2.02. The molecular weight excluding hydrogens is 685 g/mol. The average molecular weight is 723 g/mol. The lowest BCUT2D eigenvalue weighted by molar-refractivity contribution is 0.670. The van der Waals surface area contributed by atoms with Crippen LogP contribution in [0.4, 0.5) is 0 Å². The van der Waals surface area contributed by atoms with E-state index in [1.807, 2.05) is 146 Å². The summed E-state index contributed by atoms with van der Waals surface area (Å²) < 4.78 is 62.5. The Labute approximate surface area is 331 Å². The fourth-order valence-electron chi connectivity index (χ4n) is 7.68. The highest BCUT2D eigenvalue weighted by Gasteiger charge is 2.22. The first kappa shape index (κ1) is 26.2. The quantitative estimate of drug-likeness (QED) is 0.171. The van der Waals surface area contributed by atoms with Gasteiger partial charge in [0.15, 0.2) is 17.5 Å². The second kappa shape index (κ2) is 13.0. The maximum absolute atomic E-state index is 9.33. The van der Waals surface area contributed by atoms with E-state index in [2.05, 4.69) is 0 Å². The largest absolute Gasteiger partial charge is 0.455 e. The summed E-state index contributed by atoms with van der Waals surface area (Å²) in [6, 6.07) is 49.0. The van der Waals surface area contributed by atoms with Gasteiger partial charge in [-0.25, -0.2) is 15.0 Å². The van der Waals surface area contributed by atoms with Gasteiger partial charge in [-0.3, -0.25) is 0 Å². The van der Waals surface area contributed by atoms with E-state index < -0.39 is 0 Å². The third-order valence-corrected chi connectivity index (χ3v) is 10.2. The van der Waals surface area contributed by atoms with Crippen molar-refractivity contribution in [1.29, 1.82) is 0 Å². The van der Waals surface area contributed by atoms with Crippen LogP contribution in [0.3, 0.4) is 0 Å². The summed E-state index contributed by atoms with van der Waals surface area (Å²) in [6.45, 7) is 0. The van der Waals surface area contributed by atoms with Gasteiger partial charge in [0.2, 0.25) is 0 Å². The van der Waals surface area contributed by atoms with Gasteiger partial charge in [-0.1, -0.05) is 170 Å². The number of benzene rings is 8. The van der Waals surface area contributed by atoms with Gasteiger partial charge in [0.1, 0.15) is 11.2 Å². The molecule has 8 aromatic carbocycles. The molecule has 262 valence electrons. The van der Waals surface area contributed by atoms with Crippen molar-refractivity contribution in [3.63, 3.8) is 0 Å².